The highest BCUT2D eigenvalue weighted by Crippen LogP contribution is 2.29. The van der Waals surface area contributed by atoms with Gasteiger partial charge in [-0.3, -0.25) is 9.59 Å². The van der Waals surface area contributed by atoms with Crippen LogP contribution >= 0.6 is 0 Å². The first-order valence-electron chi connectivity index (χ1n) is 8.38. The third-order valence-electron chi connectivity index (χ3n) is 4.25. The summed E-state index contributed by atoms with van der Waals surface area (Å²) in [6.45, 7) is 0. The van der Waals surface area contributed by atoms with Gasteiger partial charge in [-0.1, -0.05) is 48.5 Å². The van der Waals surface area contributed by atoms with E-state index in [9.17, 15) is 14.7 Å². The van der Waals surface area contributed by atoms with Gasteiger partial charge in [-0.25, -0.2) is 0 Å². The lowest BCUT2D eigenvalue weighted by molar-refractivity contribution is -0.137. The average Bonchev–Trinajstić information content (AvgIpc) is 2.63. The number of aryl methyl sites for hydroxylation is 1. The number of aromatic hydroxyl groups is 1. The van der Waals surface area contributed by atoms with E-state index in [1.807, 2.05) is 30.3 Å². The Morgan fingerprint density at radius 1 is 0.923 bits per heavy atom. The predicted molar refractivity (Wildman–Crippen MR) is 101 cm³/mol. The maximum Gasteiger partial charge on any atom is 0.303 e. The average molecular weight is 349 g/mol. The summed E-state index contributed by atoms with van der Waals surface area (Å²) in [5, 5.41) is 23.5. The number of benzene rings is 3. The molecule has 5 heteroatoms. The number of hydrogen-bond acceptors (Lipinski definition) is 3. The number of nitrogens with one attached hydrogen (secondary N) is 1. The Morgan fingerprint density at radius 2 is 1.65 bits per heavy atom. The van der Waals surface area contributed by atoms with Crippen molar-refractivity contribution in [3.8, 4) is 5.75 Å². The minimum Gasteiger partial charge on any atom is -0.506 e. The Bertz CT molecular complexity index is 965. The second-order valence-electron chi connectivity index (χ2n) is 6.04. The van der Waals surface area contributed by atoms with Crippen molar-refractivity contribution in [2.75, 3.05) is 5.32 Å². The summed E-state index contributed by atoms with van der Waals surface area (Å²) in [6, 6.07) is 18.0. The SMILES string of the molecule is O=C(O)CCCc1ccccc1NC(=O)c1ccc2ccccc2c1O. The molecule has 0 fully saturated rings. The van der Waals surface area contributed by atoms with Crippen LogP contribution in [0.1, 0.15) is 28.8 Å². The van der Waals surface area contributed by atoms with Crippen LogP contribution in [0.25, 0.3) is 10.8 Å². The Balaban J connectivity index is 1.82. The van der Waals surface area contributed by atoms with Crippen molar-refractivity contribution in [2.24, 2.45) is 0 Å². The number of carbonyl (C=O) groups excluding carboxylic acids is 1. The molecule has 0 aliphatic carbocycles. The number of phenolic OH excluding ortho intramolecular Hbond substituents is 1. The van der Waals surface area contributed by atoms with E-state index in [1.54, 1.807) is 30.3 Å². The van der Waals surface area contributed by atoms with Gasteiger partial charge >= 0.3 is 5.97 Å². The van der Waals surface area contributed by atoms with Crippen molar-refractivity contribution in [2.45, 2.75) is 19.3 Å². The minimum absolute atomic E-state index is 0.0519. The molecule has 0 bridgehead atoms. The van der Waals surface area contributed by atoms with Gasteiger partial charge in [0.15, 0.2) is 0 Å². The molecule has 0 heterocycles. The molecule has 0 aliphatic heterocycles. The van der Waals surface area contributed by atoms with Crippen LogP contribution in [0, 0.1) is 0 Å². The van der Waals surface area contributed by atoms with Crippen molar-refractivity contribution in [1.82, 2.24) is 0 Å². The fourth-order valence-electron chi connectivity index (χ4n) is 2.92. The van der Waals surface area contributed by atoms with E-state index in [-0.39, 0.29) is 17.7 Å². The quantitative estimate of drug-likeness (QED) is 0.622. The van der Waals surface area contributed by atoms with Gasteiger partial charge in [0.1, 0.15) is 5.75 Å². The third-order valence-corrected chi connectivity index (χ3v) is 4.25. The molecule has 3 aromatic rings. The molecule has 3 N–H and O–H groups in total. The van der Waals surface area contributed by atoms with Crippen molar-refractivity contribution in [1.29, 1.82) is 0 Å². The fraction of sp³-hybridized carbons (Fsp3) is 0.143. The molecule has 5 nitrogen and oxygen atoms in total. The molecular formula is C21H19NO4. The lowest BCUT2D eigenvalue weighted by Crippen LogP contribution is -2.13. The molecule has 0 saturated carbocycles. The van der Waals surface area contributed by atoms with Crippen molar-refractivity contribution in [3.05, 3.63) is 71.8 Å². The van der Waals surface area contributed by atoms with Crippen molar-refractivity contribution >= 4 is 28.3 Å². The summed E-state index contributed by atoms with van der Waals surface area (Å²) < 4.78 is 0. The molecule has 3 rings (SSSR count). The first-order chi connectivity index (χ1) is 12.6. The number of para-hydroxylation sites is 1. The van der Waals surface area contributed by atoms with Crippen LogP contribution in [0.4, 0.5) is 5.69 Å². The van der Waals surface area contributed by atoms with Crippen LogP contribution in [0.2, 0.25) is 0 Å². The molecule has 0 radical (unpaired) electrons. The summed E-state index contributed by atoms with van der Waals surface area (Å²) in [6.07, 6.45) is 1.11. The maximum atomic E-state index is 12.6. The number of anilines is 1. The number of carboxylic acids is 1. The summed E-state index contributed by atoms with van der Waals surface area (Å²) >= 11 is 0. The lowest BCUT2D eigenvalue weighted by atomic mass is 10.0. The van der Waals surface area contributed by atoms with E-state index in [0.717, 1.165) is 10.9 Å². The molecule has 0 saturated heterocycles. The molecule has 0 atom stereocenters. The maximum absolute atomic E-state index is 12.6. The number of carboxylic acid groups (broad SMARTS) is 1. The number of rotatable bonds is 6. The number of carbonyl (C=O) groups is 2. The number of phenols is 1. The zero-order valence-electron chi connectivity index (χ0n) is 14.1. The predicted octanol–water partition coefficient (Wildman–Crippen LogP) is 4.21. The molecule has 1 amide bonds. The highest BCUT2D eigenvalue weighted by Gasteiger charge is 2.15. The number of fused-ring (bicyclic) bond motifs is 1. The van der Waals surface area contributed by atoms with E-state index in [4.69, 9.17) is 5.11 Å². The van der Waals surface area contributed by atoms with Gasteiger partial charge in [-0.2, -0.15) is 0 Å². The van der Waals surface area contributed by atoms with Crippen LogP contribution in [0.15, 0.2) is 60.7 Å². The minimum atomic E-state index is -0.840. The number of hydrogen-bond donors (Lipinski definition) is 3. The normalized spacial score (nSPS) is 10.6. The smallest absolute Gasteiger partial charge is 0.303 e. The van der Waals surface area contributed by atoms with E-state index in [0.29, 0.717) is 23.9 Å². The summed E-state index contributed by atoms with van der Waals surface area (Å²) in [5.74, 6) is -1.30. The Hall–Kier alpha value is -3.34. The van der Waals surface area contributed by atoms with E-state index in [2.05, 4.69) is 5.32 Å². The van der Waals surface area contributed by atoms with Crippen LogP contribution in [0.5, 0.6) is 5.75 Å². The molecular weight excluding hydrogens is 330 g/mol. The third kappa shape index (κ3) is 3.83. The van der Waals surface area contributed by atoms with Gasteiger partial charge in [0.25, 0.3) is 5.91 Å². The first-order valence-corrected chi connectivity index (χ1v) is 8.38. The molecule has 0 spiro atoms. The molecule has 0 unspecified atom stereocenters. The number of amides is 1. The second kappa shape index (κ2) is 7.70. The Morgan fingerprint density at radius 3 is 2.46 bits per heavy atom. The van der Waals surface area contributed by atoms with Gasteiger partial charge in [-0.05, 0) is 35.9 Å². The molecule has 3 aromatic carbocycles. The largest absolute Gasteiger partial charge is 0.506 e. The Kier molecular flexibility index (Phi) is 5.17. The van der Waals surface area contributed by atoms with E-state index >= 15 is 0 Å². The monoisotopic (exact) mass is 349 g/mol. The zero-order valence-corrected chi connectivity index (χ0v) is 14.1. The van der Waals surface area contributed by atoms with Gasteiger partial charge in [-0.15, -0.1) is 0 Å². The van der Waals surface area contributed by atoms with Crippen LogP contribution in [-0.4, -0.2) is 22.1 Å². The Labute approximate surface area is 150 Å². The van der Waals surface area contributed by atoms with Crippen molar-refractivity contribution < 1.29 is 19.8 Å². The molecule has 26 heavy (non-hydrogen) atoms. The first kappa shape index (κ1) is 17.5. The van der Waals surface area contributed by atoms with Gasteiger partial charge in [0.05, 0.1) is 5.56 Å². The molecule has 0 aliphatic rings. The van der Waals surface area contributed by atoms with E-state index in [1.165, 1.54) is 0 Å². The lowest BCUT2D eigenvalue weighted by Gasteiger charge is -2.12. The second-order valence-corrected chi connectivity index (χ2v) is 6.04. The van der Waals surface area contributed by atoms with Crippen LogP contribution in [0.3, 0.4) is 0 Å². The highest BCUT2D eigenvalue weighted by atomic mass is 16.4. The van der Waals surface area contributed by atoms with Crippen LogP contribution < -0.4 is 5.32 Å². The van der Waals surface area contributed by atoms with E-state index < -0.39 is 11.9 Å². The molecule has 132 valence electrons. The topological polar surface area (TPSA) is 86.6 Å². The number of aliphatic carboxylic acids is 1. The summed E-state index contributed by atoms with van der Waals surface area (Å²) in [5.41, 5.74) is 1.68. The highest BCUT2D eigenvalue weighted by molar-refractivity contribution is 6.10. The van der Waals surface area contributed by atoms with Crippen LogP contribution in [-0.2, 0) is 11.2 Å². The van der Waals surface area contributed by atoms with Crippen molar-refractivity contribution in [3.63, 3.8) is 0 Å². The summed E-state index contributed by atoms with van der Waals surface area (Å²) in [4.78, 5) is 23.3. The zero-order chi connectivity index (χ0) is 18.5. The van der Waals surface area contributed by atoms with Gasteiger partial charge in [0, 0.05) is 17.5 Å². The summed E-state index contributed by atoms with van der Waals surface area (Å²) in [7, 11) is 0. The van der Waals surface area contributed by atoms with Gasteiger partial charge < -0.3 is 15.5 Å². The standard InChI is InChI=1S/C21H19NO4/c23-19(24)11-5-8-15-7-2-4-10-18(15)22-21(26)17-13-12-14-6-1-3-9-16(14)20(17)25/h1-4,6-7,9-10,12-13,25H,5,8,11H2,(H,22,26)(H,23,24). The fourth-order valence-corrected chi connectivity index (χ4v) is 2.92. The van der Waals surface area contributed by atoms with Gasteiger partial charge in [0.2, 0.25) is 0 Å². The molecule has 0 aromatic heterocycles.